The lowest BCUT2D eigenvalue weighted by atomic mass is 10.1. The van der Waals surface area contributed by atoms with E-state index < -0.39 is 0 Å². The number of halogens is 1. The zero-order valence-corrected chi connectivity index (χ0v) is 14.5. The van der Waals surface area contributed by atoms with E-state index >= 15 is 0 Å². The Morgan fingerprint density at radius 3 is 2.60 bits per heavy atom. The van der Waals surface area contributed by atoms with Crippen molar-refractivity contribution in [3.63, 3.8) is 0 Å². The lowest BCUT2D eigenvalue weighted by Crippen LogP contribution is -2.33. The summed E-state index contributed by atoms with van der Waals surface area (Å²) >= 11 is 5.24. The highest BCUT2D eigenvalue weighted by Gasteiger charge is 2.26. The van der Waals surface area contributed by atoms with E-state index in [1.165, 1.54) is 4.88 Å². The number of aryl methyl sites for hydroxylation is 2. The van der Waals surface area contributed by atoms with Crippen LogP contribution in [0.4, 0.5) is 0 Å². The van der Waals surface area contributed by atoms with Crippen LogP contribution in [0.2, 0.25) is 0 Å². The molecule has 0 bridgehead atoms. The van der Waals surface area contributed by atoms with E-state index in [9.17, 15) is 0 Å². The number of rotatable bonds is 6. The highest BCUT2D eigenvalue weighted by Crippen LogP contribution is 2.31. The third-order valence-corrected chi connectivity index (χ3v) is 5.16. The maximum atomic E-state index is 6.37. The molecule has 0 aliphatic carbocycles. The first-order valence-corrected chi connectivity index (χ1v) is 8.71. The summed E-state index contributed by atoms with van der Waals surface area (Å²) in [6.45, 7) is 6.30. The lowest BCUT2D eigenvalue weighted by Gasteiger charge is -2.23. The van der Waals surface area contributed by atoms with Gasteiger partial charge in [-0.1, -0.05) is 20.8 Å². The standard InChI is InChI=1S/C14H21BrN4S/c1-4-10(16)14(11-7-9(15)8-20-11)19-13(6-3)17-12(5-2)18-19/h7-8,10,14H,4-6,16H2,1-3H3. The summed E-state index contributed by atoms with van der Waals surface area (Å²) < 4.78 is 3.13. The van der Waals surface area contributed by atoms with Gasteiger partial charge in [0.15, 0.2) is 5.82 Å². The number of nitrogens with two attached hydrogens (primary N) is 1. The van der Waals surface area contributed by atoms with Gasteiger partial charge < -0.3 is 5.73 Å². The van der Waals surface area contributed by atoms with E-state index in [0.717, 1.165) is 35.4 Å². The molecule has 0 aliphatic heterocycles. The van der Waals surface area contributed by atoms with Crippen molar-refractivity contribution in [3.05, 3.63) is 32.4 Å². The maximum Gasteiger partial charge on any atom is 0.150 e. The molecule has 2 heterocycles. The van der Waals surface area contributed by atoms with Gasteiger partial charge in [-0.05, 0) is 28.4 Å². The maximum absolute atomic E-state index is 6.37. The molecule has 2 unspecified atom stereocenters. The monoisotopic (exact) mass is 356 g/mol. The number of hydrogen-bond acceptors (Lipinski definition) is 4. The van der Waals surface area contributed by atoms with Crippen LogP contribution >= 0.6 is 27.3 Å². The van der Waals surface area contributed by atoms with Gasteiger partial charge in [0.05, 0.1) is 0 Å². The van der Waals surface area contributed by atoms with Crippen LogP contribution in [0.3, 0.4) is 0 Å². The van der Waals surface area contributed by atoms with E-state index in [2.05, 4.69) is 58.2 Å². The summed E-state index contributed by atoms with van der Waals surface area (Å²) in [6, 6.07) is 2.24. The number of nitrogens with zero attached hydrogens (tertiary/aromatic N) is 3. The molecular formula is C14H21BrN4S. The molecule has 2 rings (SSSR count). The van der Waals surface area contributed by atoms with Crippen molar-refractivity contribution < 1.29 is 0 Å². The van der Waals surface area contributed by atoms with Crippen molar-refractivity contribution in [3.8, 4) is 0 Å². The second kappa shape index (κ2) is 6.83. The van der Waals surface area contributed by atoms with E-state index in [1.54, 1.807) is 11.3 Å². The van der Waals surface area contributed by atoms with Crippen LogP contribution in [0.15, 0.2) is 15.9 Å². The Kier molecular flexibility index (Phi) is 5.35. The molecular weight excluding hydrogens is 336 g/mol. The normalized spacial score (nSPS) is 14.4. The first-order chi connectivity index (χ1) is 9.60. The number of aromatic nitrogens is 3. The average Bonchev–Trinajstić information content (AvgIpc) is 3.05. The van der Waals surface area contributed by atoms with E-state index in [4.69, 9.17) is 5.73 Å². The predicted octanol–water partition coefficient (Wildman–Crippen LogP) is 3.55. The molecule has 0 saturated carbocycles. The summed E-state index contributed by atoms with van der Waals surface area (Å²) in [6.07, 6.45) is 2.62. The van der Waals surface area contributed by atoms with Crippen molar-refractivity contribution >= 4 is 27.3 Å². The van der Waals surface area contributed by atoms with Crippen molar-refractivity contribution in [2.45, 2.75) is 52.1 Å². The quantitative estimate of drug-likeness (QED) is 0.860. The lowest BCUT2D eigenvalue weighted by molar-refractivity contribution is 0.415. The molecule has 0 saturated heterocycles. The SMILES string of the molecule is CCc1nc(CC)n(C(c2cc(Br)cs2)C(N)CC)n1. The van der Waals surface area contributed by atoms with Crippen LogP contribution in [0, 0.1) is 0 Å². The Labute approximate surface area is 132 Å². The fourth-order valence-electron chi connectivity index (χ4n) is 2.24. The molecule has 0 radical (unpaired) electrons. The van der Waals surface area contributed by atoms with Gasteiger partial charge in [-0.2, -0.15) is 5.10 Å². The smallest absolute Gasteiger partial charge is 0.150 e. The molecule has 110 valence electrons. The van der Waals surface area contributed by atoms with Crippen molar-refractivity contribution in [2.24, 2.45) is 5.73 Å². The molecule has 0 spiro atoms. The van der Waals surface area contributed by atoms with Crippen LogP contribution in [0.5, 0.6) is 0 Å². The van der Waals surface area contributed by atoms with Crippen molar-refractivity contribution in [2.75, 3.05) is 0 Å². The minimum absolute atomic E-state index is 0.0391. The summed E-state index contributed by atoms with van der Waals surface area (Å²) in [5.41, 5.74) is 6.37. The molecule has 0 fully saturated rings. The van der Waals surface area contributed by atoms with Gasteiger partial charge in [-0.3, -0.25) is 0 Å². The topological polar surface area (TPSA) is 56.7 Å². The Bertz CT molecular complexity index is 563. The van der Waals surface area contributed by atoms with Crippen molar-refractivity contribution in [1.29, 1.82) is 0 Å². The Balaban J connectivity index is 2.48. The zero-order valence-electron chi connectivity index (χ0n) is 12.1. The van der Waals surface area contributed by atoms with E-state index in [-0.39, 0.29) is 12.1 Å². The fraction of sp³-hybridized carbons (Fsp3) is 0.571. The first-order valence-electron chi connectivity index (χ1n) is 7.04. The summed E-state index contributed by atoms with van der Waals surface area (Å²) in [4.78, 5) is 5.84. The Hall–Kier alpha value is -0.720. The minimum atomic E-state index is 0.0391. The molecule has 20 heavy (non-hydrogen) atoms. The second-order valence-corrected chi connectivity index (χ2v) is 6.64. The molecule has 2 aromatic rings. The molecule has 2 N–H and O–H groups in total. The highest BCUT2D eigenvalue weighted by atomic mass is 79.9. The number of thiophene rings is 1. The second-order valence-electron chi connectivity index (χ2n) is 4.78. The molecule has 0 aliphatic rings. The third kappa shape index (κ3) is 3.13. The predicted molar refractivity (Wildman–Crippen MR) is 87.2 cm³/mol. The van der Waals surface area contributed by atoms with Crippen LogP contribution in [-0.4, -0.2) is 20.8 Å². The summed E-state index contributed by atoms with van der Waals surface area (Å²) in [7, 11) is 0. The van der Waals surface area contributed by atoms with Crippen LogP contribution < -0.4 is 5.73 Å². The van der Waals surface area contributed by atoms with Crippen LogP contribution in [0.1, 0.15) is 49.8 Å². The van der Waals surface area contributed by atoms with Gasteiger partial charge in [-0.15, -0.1) is 11.3 Å². The number of hydrogen-bond donors (Lipinski definition) is 1. The highest BCUT2D eigenvalue weighted by molar-refractivity contribution is 9.10. The van der Waals surface area contributed by atoms with E-state index in [0.29, 0.717) is 0 Å². The molecule has 0 aromatic carbocycles. The molecule has 0 amide bonds. The molecule has 6 heteroatoms. The Morgan fingerprint density at radius 1 is 1.35 bits per heavy atom. The van der Waals surface area contributed by atoms with Crippen molar-refractivity contribution in [1.82, 2.24) is 14.8 Å². The summed E-state index contributed by atoms with van der Waals surface area (Å²) in [5.74, 6) is 1.91. The largest absolute Gasteiger partial charge is 0.326 e. The molecule has 2 atom stereocenters. The van der Waals surface area contributed by atoms with Gasteiger partial charge in [0.2, 0.25) is 0 Å². The van der Waals surface area contributed by atoms with Gasteiger partial charge in [0.1, 0.15) is 11.9 Å². The third-order valence-electron chi connectivity index (χ3n) is 3.40. The summed E-state index contributed by atoms with van der Waals surface area (Å²) in [5, 5.41) is 6.76. The average molecular weight is 357 g/mol. The Morgan fingerprint density at radius 2 is 2.10 bits per heavy atom. The van der Waals surface area contributed by atoms with Crippen LogP contribution in [-0.2, 0) is 12.8 Å². The fourth-order valence-corrected chi connectivity index (χ4v) is 3.84. The van der Waals surface area contributed by atoms with Gasteiger partial charge in [0.25, 0.3) is 0 Å². The minimum Gasteiger partial charge on any atom is -0.326 e. The van der Waals surface area contributed by atoms with Gasteiger partial charge >= 0.3 is 0 Å². The van der Waals surface area contributed by atoms with Gasteiger partial charge in [-0.25, -0.2) is 9.67 Å². The van der Waals surface area contributed by atoms with E-state index in [1.807, 2.05) is 4.68 Å². The molecule has 4 nitrogen and oxygen atoms in total. The first kappa shape index (κ1) is 15.7. The van der Waals surface area contributed by atoms with Crippen LogP contribution in [0.25, 0.3) is 0 Å². The molecule has 2 aromatic heterocycles. The van der Waals surface area contributed by atoms with Gasteiger partial charge in [0, 0.05) is 33.6 Å². The zero-order chi connectivity index (χ0) is 14.7.